The van der Waals surface area contributed by atoms with Crippen LogP contribution in [0.1, 0.15) is 31.2 Å². The first-order valence-corrected chi connectivity index (χ1v) is 8.34. The van der Waals surface area contributed by atoms with E-state index in [2.05, 4.69) is 45.9 Å². The van der Waals surface area contributed by atoms with Gasteiger partial charge in [-0.25, -0.2) is 4.68 Å². The Hall–Kier alpha value is -2.24. The number of tetrazole rings is 1. The van der Waals surface area contributed by atoms with E-state index in [1.807, 2.05) is 4.90 Å². The van der Waals surface area contributed by atoms with Gasteiger partial charge in [-0.3, -0.25) is 4.79 Å². The molecule has 0 bridgehead atoms. The lowest BCUT2D eigenvalue weighted by Crippen LogP contribution is -2.40. The summed E-state index contributed by atoms with van der Waals surface area (Å²) in [5.41, 5.74) is 1.38. The Balaban J connectivity index is 1.44. The van der Waals surface area contributed by atoms with Crippen molar-refractivity contribution in [3.05, 3.63) is 42.2 Å². The first-order valence-electron chi connectivity index (χ1n) is 8.34. The monoisotopic (exact) mass is 313 g/mol. The van der Waals surface area contributed by atoms with E-state index in [-0.39, 0.29) is 5.91 Å². The summed E-state index contributed by atoms with van der Waals surface area (Å²) in [5.74, 6) is 0.825. The summed E-state index contributed by atoms with van der Waals surface area (Å²) >= 11 is 0. The molecular weight excluding hydrogens is 290 g/mol. The van der Waals surface area contributed by atoms with E-state index < -0.39 is 0 Å². The van der Waals surface area contributed by atoms with Gasteiger partial charge in [-0.15, -0.1) is 5.10 Å². The average Bonchev–Trinajstić information content (AvgIpc) is 3.12. The highest BCUT2D eigenvalue weighted by atomic mass is 16.2. The molecule has 0 N–H and O–H groups in total. The van der Waals surface area contributed by atoms with Crippen LogP contribution in [0.25, 0.3) is 0 Å². The molecule has 122 valence electrons. The van der Waals surface area contributed by atoms with Crippen LogP contribution < -0.4 is 0 Å². The van der Waals surface area contributed by atoms with Crippen molar-refractivity contribution in [2.75, 3.05) is 13.1 Å². The summed E-state index contributed by atoms with van der Waals surface area (Å²) in [7, 11) is 0. The van der Waals surface area contributed by atoms with Crippen LogP contribution in [0, 0.1) is 5.92 Å². The number of benzene rings is 1. The van der Waals surface area contributed by atoms with Gasteiger partial charge < -0.3 is 4.90 Å². The Morgan fingerprint density at radius 3 is 2.91 bits per heavy atom. The number of nitrogens with zero attached hydrogens (tertiary/aromatic N) is 5. The van der Waals surface area contributed by atoms with Crippen molar-refractivity contribution < 1.29 is 4.79 Å². The molecule has 6 heteroatoms. The maximum Gasteiger partial charge on any atom is 0.224 e. The summed E-state index contributed by atoms with van der Waals surface area (Å²) in [5, 5.41) is 11.0. The number of amides is 1. The van der Waals surface area contributed by atoms with Gasteiger partial charge in [0.1, 0.15) is 6.33 Å². The van der Waals surface area contributed by atoms with Gasteiger partial charge in [0.05, 0.1) is 6.54 Å². The second kappa shape index (κ2) is 7.85. The van der Waals surface area contributed by atoms with Crippen molar-refractivity contribution in [2.45, 2.75) is 38.6 Å². The highest BCUT2D eigenvalue weighted by molar-refractivity contribution is 5.76. The molecule has 1 amide bonds. The molecule has 1 saturated heterocycles. The summed E-state index contributed by atoms with van der Waals surface area (Å²) in [6, 6.07) is 10.6. The lowest BCUT2D eigenvalue weighted by molar-refractivity contribution is -0.133. The van der Waals surface area contributed by atoms with Crippen LogP contribution in [0.3, 0.4) is 0 Å². The van der Waals surface area contributed by atoms with Gasteiger partial charge in [0, 0.05) is 19.5 Å². The zero-order valence-electron chi connectivity index (χ0n) is 13.3. The molecule has 2 aromatic rings. The maximum absolute atomic E-state index is 12.4. The van der Waals surface area contributed by atoms with Crippen LogP contribution in [-0.4, -0.2) is 44.1 Å². The number of aryl methyl sites for hydroxylation is 2. The smallest absolute Gasteiger partial charge is 0.224 e. The molecule has 3 rings (SSSR count). The van der Waals surface area contributed by atoms with E-state index in [1.54, 1.807) is 11.0 Å². The van der Waals surface area contributed by atoms with Crippen LogP contribution in [0.2, 0.25) is 0 Å². The molecule has 1 aromatic heterocycles. The molecule has 6 nitrogen and oxygen atoms in total. The Labute approximate surface area is 136 Å². The van der Waals surface area contributed by atoms with E-state index in [1.165, 1.54) is 12.0 Å². The number of rotatable bonds is 6. The maximum atomic E-state index is 12.4. The molecular formula is C17H23N5O. The average molecular weight is 313 g/mol. The third-order valence-corrected chi connectivity index (χ3v) is 4.50. The molecule has 0 aliphatic carbocycles. The molecule has 0 unspecified atom stereocenters. The molecule has 1 aliphatic heterocycles. The van der Waals surface area contributed by atoms with Gasteiger partial charge in [-0.05, 0) is 47.6 Å². The third-order valence-electron chi connectivity index (χ3n) is 4.50. The van der Waals surface area contributed by atoms with Gasteiger partial charge in [-0.1, -0.05) is 30.3 Å². The summed E-state index contributed by atoms with van der Waals surface area (Å²) in [4.78, 5) is 14.4. The van der Waals surface area contributed by atoms with Crippen molar-refractivity contribution >= 4 is 5.91 Å². The van der Waals surface area contributed by atoms with Crippen LogP contribution in [0.15, 0.2) is 36.7 Å². The van der Waals surface area contributed by atoms with Crippen molar-refractivity contribution in [3.8, 4) is 0 Å². The quantitative estimate of drug-likeness (QED) is 0.817. The zero-order chi connectivity index (χ0) is 15.9. The molecule has 1 aliphatic rings. The predicted octanol–water partition coefficient (Wildman–Crippen LogP) is 1.93. The lowest BCUT2D eigenvalue weighted by atomic mass is 9.91. The van der Waals surface area contributed by atoms with Gasteiger partial charge >= 0.3 is 0 Å². The minimum Gasteiger partial charge on any atom is -0.342 e. The number of carbonyl (C=O) groups excluding carboxylic acids is 1. The largest absolute Gasteiger partial charge is 0.342 e. The molecule has 1 aromatic carbocycles. The lowest BCUT2D eigenvalue weighted by Gasteiger charge is -2.33. The third kappa shape index (κ3) is 4.61. The van der Waals surface area contributed by atoms with E-state index in [9.17, 15) is 4.79 Å². The number of hydrogen-bond acceptors (Lipinski definition) is 4. The highest BCUT2D eigenvalue weighted by Gasteiger charge is 2.23. The minimum absolute atomic E-state index is 0.213. The van der Waals surface area contributed by atoms with Gasteiger partial charge in [0.2, 0.25) is 5.91 Å². The number of aromatic nitrogens is 4. The number of likely N-dealkylation sites (tertiary alicyclic amines) is 1. The van der Waals surface area contributed by atoms with Crippen LogP contribution >= 0.6 is 0 Å². The first-order chi connectivity index (χ1) is 11.3. The fraction of sp³-hybridized carbons (Fsp3) is 0.529. The standard InChI is InChI=1S/C17H23N5O/c23-17(10-12-22-14-18-19-20-22)21-11-4-7-16(13-21)9-8-15-5-2-1-3-6-15/h1-3,5-6,14,16H,4,7-13H2/t16-/m0/s1. The van der Waals surface area contributed by atoms with E-state index in [0.29, 0.717) is 18.9 Å². The predicted molar refractivity (Wildman–Crippen MR) is 86.5 cm³/mol. The number of carbonyl (C=O) groups is 1. The first kappa shape index (κ1) is 15.6. The SMILES string of the molecule is O=C(CCn1cnnn1)N1CCC[C@@H](CCc2ccccc2)C1. The van der Waals surface area contributed by atoms with Crippen molar-refractivity contribution in [1.29, 1.82) is 0 Å². The number of hydrogen-bond donors (Lipinski definition) is 0. The van der Waals surface area contributed by atoms with E-state index in [4.69, 9.17) is 0 Å². The van der Waals surface area contributed by atoms with E-state index >= 15 is 0 Å². The Morgan fingerprint density at radius 2 is 2.13 bits per heavy atom. The van der Waals surface area contributed by atoms with Gasteiger partial charge in [0.15, 0.2) is 0 Å². The van der Waals surface area contributed by atoms with Crippen LogP contribution in [-0.2, 0) is 17.8 Å². The summed E-state index contributed by atoms with van der Waals surface area (Å²) in [6.07, 6.45) is 6.60. The fourth-order valence-corrected chi connectivity index (χ4v) is 3.19. The topological polar surface area (TPSA) is 63.9 Å². The fourth-order valence-electron chi connectivity index (χ4n) is 3.19. The zero-order valence-corrected chi connectivity index (χ0v) is 13.3. The van der Waals surface area contributed by atoms with Crippen molar-refractivity contribution in [2.24, 2.45) is 5.92 Å². The molecule has 1 atom stereocenters. The minimum atomic E-state index is 0.213. The molecule has 1 fully saturated rings. The van der Waals surface area contributed by atoms with Crippen molar-refractivity contribution in [1.82, 2.24) is 25.1 Å². The van der Waals surface area contributed by atoms with Crippen LogP contribution in [0.5, 0.6) is 0 Å². The Kier molecular flexibility index (Phi) is 5.34. The second-order valence-corrected chi connectivity index (χ2v) is 6.20. The van der Waals surface area contributed by atoms with Crippen LogP contribution in [0.4, 0.5) is 0 Å². The van der Waals surface area contributed by atoms with Crippen molar-refractivity contribution in [3.63, 3.8) is 0 Å². The number of piperidine rings is 1. The molecule has 0 saturated carbocycles. The molecule has 0 radical (unpaired) electrons. The molecule has 0 spiro atoms. The summed E-state index contributed by atoms with van der Waals surface area (Å²) < 4.78 is 1.61. The highest BCUT2D eigenvalue weighted by Crippen LogP contribution is 2.22. The van der Waals surface area contributed by atoms with Gasteiger partial charge in [-0.2, -0.15) is 0 Å². The normalized spacial score (nSPS) is 18.1. The molecule has 23 heavy (non-hydrogen) atoms. The second-order valence-electron chi connectivity index (χ2n) is 6.20. The Bertz CT molecular complexity index is 599. The molecule has 2 heterocycles. The Morgan fingerprint density at radius 1 is 1.26 bits per heavy atom. The van der Waals surface area contributed by atoms with E-state index in [0.717, 1.165) is 32.4 Å². The summed E-state index contributed by atoms with van der Waals surface area (Å²) in [6.45, 7) is 2.33. The van der Waals surface area contributed by atoms with Gasteiger partial charge in [0.25, 0.3) is 0 Å².